The van der Waals surface area contributed by atoms with E-state index in [9.17, 15) is 0 Å². The fourth-order valence-corrected chi connectivity index (χ4v) is 1.02. The van der Waals surface area contributed by atoms with Crippen LogP contribution in [0.1, 0.15) is 26.2 Å². The van der Waals surface area contributed by atoms with E-state index in [0.717, 1.165) is 13.1 Å². The van der Waals surface area contributed by atoms with Gasteiger partial charge in [0.15, 0.2) is 0 Å². The van der Waals surface area contributed by atoms with E-state index in [2.05, 4.69) is 17.6 Å². The largest absolute Gasteiger partial charge is 0.320 e. The Labute approximate surface area is 63.4 Å². The smallest absolute Gasteiger partial charge is 0.0154 e. The Balaban J connectivity index is 1.86. The van der Waals surface area contributed by atoms with Gasteiger partial charge < -0.3 is 10.6 Å². The van der Waals surface area contributed by atoms with Crippen molar-refractivity contribution in [3.63, 3.8) is 0 Å². The van der Waals surface area contributed by atoms with E-state index in [4.69, 9.17) is 0 Å². The van der Waals surface area contributed by atoms with Gasteiger partial charge in [-0.1, -0.05) is 0 Å². The first-order valence-electron chi connectivity index (χ1n) is 4.16. The Kier molecular flexibility index (Phi) is 2.69. The van der Waals surface area contributed by atoms with Gasteiger partial charge >= 0.3 is 0 Å². The van der Waals surface area contributed by atoms with Crippen molar-refractivity contribution in [1.82, 2.24) is 10.6 Å². The van der Waals surface area contributed by atoms with Crippen LogP contribution in [0.4, 0.5) is 0 Å². The van der Waals surface area contributed by atoms with Gasteiger partial charge in [0, 0.05) is 5.54 Å². The molecule has 0 aromatic rings. The Morgan fingerprint density at radius 3 is 2.50 bits per heavy atom. The fourth-order valence-electron chi connectivity index (χ4n) is 1.02. The molecule has 0 spiro atoms. The Morgan fingerprint density at radius 1 is 1.30 bits per heavy atom. The van der Waals surface area contributed by atoms with E-state index in [0.29, 0.717) is 5.54 Å². The standard InChI is InChI=1S/C8H18N2/c1-8(4-5-8)10-7-3-6-9-2/h9-10H,3-7H2,1-2H3. The van der Waals surface area contributed by atoms with E-state index < -0.39 is 0 Å². The van der Waals surface area contributed by atoms with Gasteiger partial charge in [-0.15, -0.1) is 0 Å². The summed E-state index contributed by atoms with van der Waals surface area (Å²) in [5.74, 6) is 0. The predicted molar refractivity (Wildman–Crippen MR) is 44.2 cm³/mol. The minimum Gasteiger partial charge on any atom is -0.320 e. The van der Waals surface area contributed by atoms with Gasteiger partial charge in [-0.25, -0.2) is 0 Å². The highest BCUT2D eigenvalue weighted by molar-refractivity contribution is 4.97. The van der Waals surface area contributed by atoms with Gasteiger partial charge in [0.05, 0.1) is 0 Å². The van der Waals surface area contributed by atoms with Crippen LogP contribution in [-0.2, 0) is 0 Å². The van der Waals surface area contributed by atoms with Crippen LogP contribution in [0.15, 0.2) is 0 Å². The minimum absolute atomic E-state index is 0.522. The second kappa shape index (κ2) is 3.35. The van der Waals surface area contributed by atoms with Crippen LogP contribution in [0, 0.1) is 0 Å². The monoisotopic (exact) mass is 142 g/mol. The molecular formula is C8H18N2. The van der Waals surface area contributed by atoms with Gasteiger partial charge in [-0.2, -0.15) is 0 Å². The first kappa shape index (κ1) is 8.02. The zero-order chi connectivity index (χ0) is 7.45. The summed E-state index contributed by atoms with van der Waals surface area (Å²) >= 11 is 0. The van der Waals surface area contributed by atoms with Gasteiger partial charge in [0.1, 0.15) is 0 Å². The van der Waals surface area contributed by atoms with Crippen LogP contribution in [0.25, 0.3) is 0 Å². The molecule has 0 saturated heterocycles. The van der Waals surface area contributed by atoms with Crippen LogP contribution in [0.2, 0.25) is 0 Å². The zero-order valence-corrected chi connectivity index (χ0v) is 7.04. The lowest BCUT2D eigenvalue weighted by molar-refractivity contribution is 0.520. The summed E-state index contributed by atoms with van der Waals surface area (Å²) in [6.45, 7) is 4.59. The molecule has 0 aromatic carbocycles. The lowest BCUT2D eigenvalue weighted by Gasteiger charge is -2.09. The summed E-state index contributed by atoms with van der Waals surface area (Å²) in [6, 6.07) is 0. The van der Waals surface area contributed by atoms with E-state index in [1.807, 2.05) is 7.05 Å². The average Bonchev–Trinajstić information content (AvgIpc) is 2.62. The molecule has 0 heterocycles. The highest BCUT2D eigenvalue weighted by Crippen LogP contribution is 2.33. The van der Waals surface area contributed by atoms with E-state index in [-0.39, 0.29) is 0 Å². The minimum atomic E-state index is 0.522. The van der Waals surface area contributed by atoms with Gasteiger partial charge in [-0.3, -0.25) is 0 Å². The molecule has 0 bridgehead atoms. The molecule has 0 atom stereocenters. The number of nitrogens with one attached hydrogen (secondary N) is 2. The van der Waals surface area contributed by atoms with E-state index in [1.165, 1.54) is 19.3 Å². The molecule has 0 aromatic heterocycles. The summed E-state index contributed by atoms with van der Waals surface area (Å²) < 4.78 is 0. The lowest BCUT2D eigenvalue weighted by Crippen LogP contribution is -2.30. The average molecular weight is 142 g/mol. The summed E-state index contributed by atoms with van der Waals surface area (Å²) in [4.78, 5) is 0. The van der Waals surface area contributed by atoms with Crippen molar-refractivity contribution in [3.05, 3.63) is 0 Å². The third-order valence-electron chi connectivity index (χ3n) is 2.16. The molecule has 1 fully saturated rings. The van der Waals surface area contributed by atoms with Gasteiger partial charge in [0.25, 0.3) is 0 Å². The van der Waals surface area contributed by atoms with Gasteiger partial charge in [-0.05, 0) is 46.3 Å². The molecule has 1 aliphatic rings. The normalized spacial score (nSPS) is 21.0. The lowest BCUT2D eigenvalue weighted by atomic mass is 10.3. The topological polar surface area (TPSA) is 24.1 Å². The van der Waals surface area contributed by atoms with Gasteiger partial charge in [0.2, 0.25) is 0 Å². The molecule has 0 aliphatic heterocycles. The highest BCUT2D eigenvalue weighted by Gasteiger charge is 2.35. The van der Waals surface area contributed by atoms with Crippen molar-refractivity contribution in [3.8, 4) is 0 Å². The van der Waals surface area contributed by atoms with Crippen LogP contribution in [0.5, 0.6) is 0 Å². The van der Waals surface area contributed by atoms with Crippen molar-refractivity contribution in [1.29, 1.82) is 0 Å². The summed E-state index contributed by atoms with van der Waals surface area (Å²) in [6.07, 6.45) is 3.98. The van der Waals surface area contributed by atoms with Crippen molar-refractivity contribution in [2.24, 2.45) is 0 Å². The third-order valence-corrected chi connectivity index (χ3v) is 2.16. The van der Waals surface area contributed by atoms with E-state index >= 15 is 0 Å². The summed E-state index contributed by atoms with van der Waals surface area (Å²) in [7, 11) is 2.00. The molecule has 1 rings (SSSR count). The quantitative estimate of drug-likeness (QED) is 0.553. The molecule has 10 heavy (non-hydrogen) atoms. The fraction of sp³-hybridized carbons (Fsp3) is 1.00. The molecule has 2 heteroatoms. The first-order valence-corrected chi connectivity index (χ1v) is 4.16. The van der Waals surface area contributed by atoms with Crippen LogP contribution in [-0.4, -0.2) is 25.7 Å². The van der Waals surface area contributed by atoms with Crippen molar-refractivity contribution in [2.45, 2.75) is 31.7 Å². The third kappa shape index (κ3) is 2.67. The number of rotatable bonds is 5. The molecule has 0 amide bonds. The molecule has 0 unspecified atom stereocenters. The second-order valence-electron chi connectivity index (χ2n) is 3.44. The maximum absolute atomic E-state index is 3.53. The summed E-state index contributed by atoms with van der Waals surface area (Å²) in [5.41, 5.74) is 0.522. The molecule has 1 saturated carbocycles. The predicted octanol–water partition coefficient (Wildman–Crippen LogP) is 0.738. The Morgan fingerprint density at radius 2 is 2.00 bits per heavy atom. The zero-order valence-electron chi connectivity index (χ0n) is 7.04. The van der Waals surface area contributed by atoms with E-state index in [1.54, 1.807) is 0 Å². The second-order valence-corrected chi connectivity index (χ2v) is 3.44. The number of hydrogen-bond donors (Lipinski definition) is 2. The molecule has 2 nitrogen and oxygen atoms in total. The van der Waals surface area contributed by atoms with Crippen LogP contribution >= 0.6 is 0 Å². The molecule has 60 valence electrons. The van der Waals surface area contributed by atoms with Crippen molar-refractivity contribution < 1.29 is 0 Å². The maximum atomic E-state index is 3.53. The SMILES string of the molecule is CNCCCNC1(C)CC1. The molecule has 0 radical (unpaired) electrons. The summed E-state index contributed by atoms with van der Waals surface area (Å²) in [5, 5.41) is 6.66. The first-order chi connectivity index (χ1) is 4.77. The Bertz CT molecular complexity index is 97.4. The van der Waals surface area contributed by atoms with Crippen LogP contribution < -0.4 is 10.6 Å². The molecule has 1 aliphatic carbocycles. The molecule has 2 N–H and O–H groups in total. The highest BCUT2D eigenvalue weighted by atomic mass is 15.0. The van der Waals surface area contributed by atoms with Crippen LogP contribution in [0.3, 0.4) is 0 Å². The van der Waals surface area contributed by atoms with Crippen molar-refractivity contribution in [2.75, 3.05) is 20.1 Å². The number of hydrogen-bond acceptors (Lipinski definition) is 2. The maximum Gasteiger partial charge on any atom is 0.0154 e. The molecular weight excluding hydrogens is 124 g/mol. The van der Waals surface area contributed by atoms with Crippen molar-refractivity contribution >= 4 is 0 Å². The Hall–Kier alpha value is -0.0800.